The number of amides is 1. The summed E-state index contributed by atoms with van der Waals surface area (Å²) in [7, 11) is 0. The fraction of sp³-hybridized carbons (Fsp3) is 0.778. The number of carbonyl (C=O) groups is 2. The Hall–Kier alpha value is -0.750. The highest BCUT2D eigenvalue weighted by atomic mass is 32.2. The van der Waals surface area contributed by atoms with Crippen molar-refractivity contribution in [2.75, 3.05) is 24.7 Å². The van der Waals surface area contributed by atoms with Crippen molar-refractivity contribution in [2.24, 2.45) is 0 Å². The lowest BCUT2D eigenvalue weighted by atomic mass is 10.1. The van der Waals surface area contributed by atoms with E-state index in [0.29, 0.717) is 0 Å². The van der Waals surface area contributed by atoms with Crippen LogP contribution in [0.15, 0.2) is 0 Å². The van der Waals surface area contributed by atoms with Crippen LogP contribution in [0.25, 0.3) is 0 Å². The highest BCUT2D eigenvalue weighted by Gasteiger charge is 2.15. The number of thioether (sulfide) groups is 1. The summed E-state index contributed by atoms with van der Waals surface area (Å²) in [5.74, 6) is 0.854. The molecule has 2 N–H and O–H groups in total. The maximum atomic E-state index is 11.3. The maximum absolute atomic E-state index is 11.3. The van der Waals surface area contributed by atoms with Crippen molar-refractivity contribution in [2.45, 2.75) is 18.9 Å². The number of hydrogen-bond donors (Lipinski definition) is 2. The fourth-order valence-corrected chi connectivity index (χ4v) is 2.45. The summed E-state index contributed by atoms with van der Waals surface area (Å²) in [5.41, 5.74) is 0. The van der Waals surface area contributed by atoms with Crippen LogP contribution in [0.2, 0.25) is 0 Å². The lowest BCUT2D eigenvalue weighted by molar-refractivity contribution is -0.143. The minimum Gasteiger partial charge on any atom is -0.480 e. The van der Waals surface area contributed by atoms with Crippen LogP contribution in [-0.4, -0.2) is 47.7 Å². The number of aliphatic carboxylic acids is 1. The van der Waals surface area contributed by atoms with Gasteiger partial charge in [-0.25, -0.2) is 4.79 Å². The second kappa shape index (κ2) is 6.68. The van der Waals surface area contributed by atoms with Crippen LogP contribution >= 0.6 is 11.8 Å². The largest absolute Gasteiger partial charge is 0.480 e. The molecule has 15 heavy (non-hydrogen) atoms. The summed E-state index contributed by atoms with van der Waals surface area (Å²) in [6.07, 6.45) is 1.96. The molecule has 0 radical (unpaired) electrons. The smallest absolute Gasteiger partial charge is 0.329 e. The van der Waals surface area contributed by atoms with Crippen LogP contribution in [0.3, 0.4) is 0 Å². The van der Waals surface area contributed by atoms with E-state index in [2.05, 4.69) is 10.1 Å². The first-order valence-corrected chi connectivity index (χ1v) is 6.00. The molecule has 0 aromatic carbocycles. The van der Waals surface area contributed by atoms with E-state index in [9.17, 15) is 9.59 Å². The number of carboxylic acids is 1. The van der Waals surface area contributed by atoms with E-state index in [-0.39, 0.29) is 18.6 Å². The number of rotatable bonds is 5. The third-order valence-corrected chi connectivity index (χ3v) is 3.09. The molecule has 0 aromatic heterocycles. The van der Waals surface area contributed by atoms with Gasteiger partial charge in [0, 0.05) is 6.04 Å². The van der Waals surface area contributed by atoms with Crippen molar-refractivity contribution < 1.29 is 19.4 Å². The van der Waals surface area contributed by atoms with Gasteiger partial charge in [-0.2, -0.15) is 11.8 Å². The summed E-state index contributed by atoms with van der Waals surface area (Å²) < 4.78 is 4.68. The van der Waals surface area contributed by atoms with Gasteiger partial charge in [0.05, 0.1) is 0 Å². The van der Waals surface area contributed by atoms with Crippen LogP contribution in [0.1, 0.15) is 12.8 Å². The molecular formula is C9H15NO4S. The molecule has 5 nitrogen and oxygen atoms in total. The highest BCUT2D eigenvalue weighted by Crippen LogP contribution is 2.16. The third kappa shape index (κ3) is 5.64. The molecule has 1 saturated heterocycles. The molecule has 86 valence electrons. The van der Waals surface area contributed by atoms with E-state index in [1.54, 1.807) is 0 Å². The Balaban J connectivity index is 2.09. The molecule has 0 aromatic rings. The van der Waals surface area contributed by atoms with Gasteiger partial charge in [0.2, 0.25) is 5.91 Å². The lowest BCUT2D eigenvalue weighted by Crippen LogP contribution is -2.39. The van der Waals surface area contributed by atoms with Crippen molar-refractivity contribution in [1.29, 1.82) is 0 Å². The van der Waals surface area contributed by atoms with Crippen molar-refractivity contribution in [3.63, 3.8) is 0 Å². The van der Waals surface area contributed by atoms with E-state index in [0.717, 1.165) is 24.3 Å². The minimum atomic E-state index is -1.06. The van der Waals surface area contributed by atoms with Crippen LogP contribution in [0.4, 0.5) is 0 Å². The molecule has 0 unspecified atom stereocenters. The van der Waals surface area contributed by atoms with Crippen molar-refractivity contribution in [3.05, 3.63) is 0 Å². The minimum absolute atomic E-state index is 0.171. The van der Waals surface area contributed by atoms with Gasteiger partial charge in [0.15, 0.2) is 0 Å². The van der Waals surface area contributed by atoms with Crippen LogP contribution < -0.4 is 5.32 Å². The summed E-state index contributed by atoms with van der Waals surface area (Å²) in [5, 5.41) is 11.1. The Bertz CT molecular complexity index is 228. The quantitative estimate of drug-likeness (QED) is 0.704. The summed E-state index contributed by atoms with van der Waals surface area (Å²) in [6, 6.07) is 0.229. The molecule has 0 bridgehead atoms. The summed E-state index contributed by atoms with van der Waals surface area (Å²) in [4.78, 5) is 21.4. The summed E-state index contributed by atoms with van der Waals surface area (Å²) in [6.45, 7) is -0.593. The second-order valence-corrected chi connectivity index (χ2v) is 4.57. The van der Waals surface area contributed by atoms with Gasteiger partial charge in [-0.05, 0) is 24.3 Å². The van der Waals surface area contributed by atoms with Gasteiger partial charge in [-0.15, -0.1) is 0 Å². The molecule has 1 heterocycles. The first-order chi connectivity index (χ1) is 7.18. The monoisotopic (exact) mass is 233 g/mol. The van der Waals surface area contributed by atoms with Crippen molar-refractivity contribution in [1.82, 2.24) is 5.32 Å². The topological polar surface area (TPSA) is 75.6 Å². The molecule has 1 amide bonds. The SMILES string of the molecule is O=C(O)COCC(=O)NC1CCSCC1. The number of ether oxygens (including phenoxy) is 1. The van der Waals surface area contributed by atoms with Gasteiger partial charge in [-0.1, -0.05) is 0 Å². The molecule has 1 rings (SSSR count). The molecule has 6 heteroatoms. The van der Waals surface area contributed by atoms with E-state index in [1.165, 1.54) is 0 Å². The van der Waals surface area contributed by atoms with E-state index in [4.69, 9.17) is 5.11 Å². The molecule has 0 saturated carbocycles. The Kier molecular flexibility index (Phi) is 5.49. The number of carbonyl (C=O) groups excluding carboxylic acids is 1. The Morgan fingerprint density at radius 3 is 2.60 bits per heavy atom. The first kappa shape index (κ1) is 12.3. The molecule has 1 aliphatic rings. The fourth-order valence-electron chi connectivity index (χ4n) is 1.34. The standard InChI is InChI=1S/C9H15NO4S/c11-8(5-14-6-9(12)13)10-7-1-3-15-4-2-7/h7H,1-6H2,(H,10,11)(H,12,13). The number of carboxylic acid groups (broad SMARTS) is 1. The van der Waals surface area contributed by atoms with Crippen LogP contribution in [0, 0.1) is 0 Å². The third-order valence-electron chi connectivity index (χ3n) is 2.05. The van der Waals surface area contributed by atoms with Gasteiger partial charge in [0.1, 0.15) is 13.2 Å². The zero-order valence-corrected chi connectivity index (χ0v) is 9.22. The molecule has 0 atom stereocenters. The van der Waals surface area contributed by atoms with Crippen molar-refractivity contribution >= 4 is 23.6 Å². The molecule has 0 spiro atoms. The molecule has 1 aliphatic heterocycles. The first-order valence-electron chi connectivity index (χ1n) is 4.85. The number of hydrogen-bond acceptors (Lipinski definition) is 4. The van der Waals surface area contributed by atoms with Gasteiger partial charge >= 0.3 is 5.97 Å². The molecule has 0 aliphatic carbocycles. The highest BCUT2D eigenvalue weighted by molar-refractivity contribution is 7.99. The number of nitrogens with one attached hydrogen (secondary N) is 1. The maximum Gasteiger partial charge on any atom is 0.329 e. The van der Waals surface area contributed by atoms with Crippen LogP contribution in [0.5, 0.6) is 0 Å². The Labute approximate surface area is 92.6 Å². The van der Waals surface area contributed by atoms with Gasteiger partial charge < -0.3 is 15.2 Å². The summed E-state index contributed by atoms with van der Waals surface area (Å²) >= 11 is 1.89. The van der Waals surface area contributed by atoms with E-state index >= 15 is 0 Å². The molecule has 1 fully saturated rings. The zero-order chi connectivity index (χ0) is 11.1. The average molecular weight is 233 g/mol. The molecular weight excluding hydrogens is 218 g/mol. The normalized spacial score (nSPS) is 17.3. The van der Waals surface area contributed by atoms with Gasteiger partial charge in [0.25, 0.3) is 0 Å². The lowest BCUT2D eigenvalue weighted by Gasteiger charge is -2.22. The Morgan fingerprint density at radius 2 is 2.00 bits per heavy atom. The van der Waals surface area contributed by atoms with Gasteiger partial charge in [-0.3, -0.25) is 4.79 Å². The zero-order valence-electron chi connectivity index (χ0n) is 8.40. The second-order valence-electron chi connectivity index (χ2n) is 3.34. The van der Waals surface area contributed by atoms with Crippen molar-refractivity contribution in [3.8, 4) is 0 Å². The predicted molar refractivity (Wildman–Crippen MR) is 56.9 cm³/mol. The van der Waals surface area contributed by atoms with E-state index in [1.807, 2.05) is 11.8 Å². The van der Waals surface area contributed by atoms with Crippen LogP contribution in [-0.2, 0) is 14.3 Å². The van der Waals surface area contributed by atoms with E-state index < -0.39 is 12.6 Å². The average Bonchev–Trinajstić information content (AvgIpc) is 2.18. The predicted octanol–water partition coefficient (Wildman–Crippen LogP) is 0.0994. The Morgan fingerprint density at radius 1 is 1.33 bits per heavy atom.